The Morgan fingerprint density at radius 3 is 2.50 bits per heavy atom. The summed E-state index contributed by atoms with van der Waals surface area (Å²) in [5.74, 6) is -0.563. The quantitative estimate of drug-likeness (QED) is 0.274. The van der Waals surface area contributed by atoms with Crippen LogP contribution in [0.25, 0.3) is 0 Å². The first kappa shape index (κ1) is 20.4. The van der Waals surface area contributed by atoms with Gasteiger partial charge in [-0.1, -0.05) is 25.8 Å². The predicted octanol–water partition coefficient (Wildman–Crippen LogP) is 1.91. The summed E-state index contributed by atoms with van der Waals surface area (Å²) in [5.41, 5.74) is 0.454. The van der Waals surface area contributed by atoms with Gasteiger partial charge in [-0.3, -0.25) is 0 Å². The number of carbonyl (C=O) groups excluding carboxylic acids is 2. The molecule has 7 nitrogen and oxygen atoms in total. The second kappa shape index (κ2) is 12.0. The molecule has 0 fully saturated rings. The number of carbonyl (C=O) groups is 2. The Balaban J connectivity index is 4.05. The first-order chi connectivity index (χ1) is 10.4. The lowest BCUT2D eigenvalue weighted by molar-refractivity contribution is -0.163. The summed E-state index contributed by atoms with van der Waals surface area (Å²) in [6.45, 7) is 4.19. The summed E-state index contributed by atoms with van der Waals surface area (Å²) < 4.78 is 14.1. The van der Waals surface area contributed by atoms with Crippen LogP contribution in [0.1, 0.15) is 46.5 Å². The van der Waals surface area contributed by atoms with E-state index in [0.717, 1.165) is 25.7 Å². The zero-order valence-electron chi connectivity index (χ0n) is 13.4. The molecule has 0 aromatic rings. The third-order valence-corrected chi connectivity index (χ3v) is 2.72. The van der Waals surface area contributed by atoms with Gasteiger partial charge in [-0.05, 0) is 19.8 Å². The van der Waals surface area contributed by atoms with Crippen molar-refractivity contribution in [3.8, 4) is 0 Å². The molecule has 0 amide bonds. The molecule has 0 rings (SSSR count). The summed E-state index contributed by atoms with van der Waals surface area (Å²) in [7, 11) is 0. The predicted molar refractivity (Wildman–Crippen MR) is 79.0 cm³/mol. The highest BCUT2D eigenvalue weighted by molar-refractivity contribution is 5.87. The molecule has 0 spiro atoms. The van der Waals surface area contributed by atoms with Gasteiger partial charge in [0.1, 0.15) is 12.7 Å². The van der Waals surface area contributed by atoms with Crippen molar-refractivity contribution in [1.29, 1.82) is 0 Å². The number of hydrogen-bond acceptors (Lipinski definition) is 7. The van der Waals surface area contributed by atoms with Gasteiger partial charge in [0, 0.05) is 12.5 Å². The number of rotatable bonds is 10. The average molecular weight is 318 g/mol. The van der Waals surface area contributed by atoms with Crippen LogP contribution in [0.4, 0.5) is 4.79 Å². The van der Waals surface area contributed by atoms with Crippen molar-refractivity contribution in [3.63, 3.8) is 0 Å². The molecule has 0 heterocycles. The minimum absolute atomic E-state index is 0.396. The van der Waals surface area contributed by atoms with E-state index >= 15 is 0 Å². The Morgan fingerprint density at radius 2 is 1.91 bits per heavy atom. The monoisotopic (exact) mass is 318 g/mol. The van der Waals surface area contributed by atoms with Gasteiger partial charge in [-0.25, -0.2) is 9.59 Å². The van der Waals surface area contributed by atoms with Crippen LogP contribution in [-0.4, -0.2) is 47.9 Å². The highest BCUT2D eigenvalue weighted by atomic mass is 16.8. The van der Waals surface area contributed by atoms with Gasteiger partial charge in [0.15, 0.2) is 0 Å². The molecule has 128 valence electrons. The first-order valence-electron chi connectivity index (χ1n) is 7.40. The van der Waals surface area contributed by atoms with E-state index in [-0.39, 0.29) is 0 Å². The summed E-state index contributed by atoms with van der Waals surface area (Å²) >= 11 is 0. The Hall–Kier alpha value is -1.60. The van der Waals surface area contributed by atoms with Crippen molar-refractivity contribution in [3.05, 3.63) is 11.6 Å². The lowest BCUT2D eigenvalue weighted by atomic mass is 10.1. The van der Waals surface area contributed by atoms with E-state index in [1.54, 1.807) is 13.0 Å². The second-order valence-corrected chi connectivity index (χ2v) is 4.87. The fourth-order valence-corrected chi connectivity index (χ4v) is 1.45. The number of ether oxygens (including phenoxy) is 3. The second-order valence-electron chi connectivity index (χ2n) is 4.87. The minimum atomic E-state index is -1.17. The van der Waals surface area contributed by atoms with E-state index in [9.17, 15) is 9.59 Å². The van der Waals surface area contributed by atoms with Crippen LogP contribution >= 0.6 is 0 Å². The Morgan fingerprint density at radius 1 is 1.23 bits per heavy atom. The SMILES string of the molecule is CCCCCC=C(C)C(=O)OC(C)OC(=O)OCC(O)CO. The standard InChI is InChI=1S/C15H26O7/c1-4-5-6-7-8-11(2)14(18)21-12(3)22-15(19)20-10-13(17)9-16/h8,12-13,16-17H,4-7,9-10H2,1-3H3. The Kier molecular flexibility index (Phi) is 11.1. The highest BCUT2D eigenvalue weighted by Gasteiger charge is 2.17. The molecule has 0 aliphatic heterocycles. The van der Waals surface area contributed by atoms with Gasteiger partial charge in [-0.2, -0.15) is 0 Å². The molecule has 7 heteroatoms. The summed E-state index contributed by atoms with van der Waals surface area (Å²) in [6.07, 6.45) is 2.44. The van der Waals surface area contributed by atoms with Crippen LogP contribution in [0, 0.1) is 0 Å². The molecule has 0 aromatic heterocycles. The molecule has 0 saturated heterocycles. The van der Waals surface area contributed by atoms with Crippen LogP contribution in [-0.2, 0) is 19.0 Å². The zero-order chi connectivity index (χ0) is 17.0. The van der Waals surface area contributed by atoms with Crippen molar-refractivity contribution in [1.82, 2.24) is 0 Å². The van der Waals surface area contributed by atoms with Crippen molar-refractivity contribution in [2.45, 2.75) is 58.8 Å². The third-order valence-electron chi connectivity index (χ3n) is 2.72. The molecule has 2 atom stereocenters. The maximum Gasteiger partial charge on any atom is 0.511 e. The molecular weight excluding hydrogens is 292 g/mol. The van der Waals surface area contributed by atoms with Crippen molar-refractivity contribution in [2.24, 2.45) is 0 Å². The van der Waals surface area contributed by atoms with E-state index in [0.29, 0.717) is 5.57 Å². The van der Waals surface area contributed by atoms with Crippen molar-refractivity contribution < 1.29 is 34.0 Å². The summed E-state index contributed by atoms with van der Waals surface area (Å²) in [5, 5.41) is 17.6. The smallest absolute Gasteiger partial charge is 0.431 e. The van der Waals surface area contributed by atoms with Gasteiger partial charge in [0.05, 0.1) is 6.61 Å². The summed E-state index contributed by atoms with van der Waals surface area (Å²) in [6, 6.07) is 0. The number of unbranched alkanes of at least 4 members (excludes halogenated alkanes) is 3. The normalized spacial score (nSPS) is 14.1. The number of aliphatic hydroxyl groups excluding tert-OH is 2. The van der Waals surface area contributed by atoms with Crippen LogP contribution in [0.3, 0.4) is 0 Å². The number of esters is 1. The van der Waals surface area contributed by atoms with Gasteiger partial charge in [0.25, 0.3) is 0 Å². The number of allylic oxidation sites excluding steroid dienone is 1. The van der Waals surface area contributed by atoms with Gasteiger partial charge in [-0.15, -0.1) is 0 Å². The largest absolute Gasteiger partial charge is 0.511 e. The lowest BCUT2D eigenvalue weighted by Crippen LogP contribution is -2.26. The van der Waals surface area contributed by atoms with Crippen LogP contribution in [0.2, 0.25) is 0 Å². The fraction of sp³-hybridized carbons (Fsp3) is 0.733. The van der Waals surface area contributed by atoms with E-state index in [1.165, 1.54) is 6.92 Å². The zero-order valence-corrected chi connectivity index (χ0v) is 13.4. The topological polar surface area (TPSA) is 102 Å². The molecule has 0 aliphatic rings. The van der Waals surface area contributed by atoms with Crippen LogP contribution in [0.15, 0.2) is 11.6 Å². The first-order valence-corrected chi connectivity index (χ1v) is 7.40. The molecule has 0 saturated carbocycles. The molecule has 0 aromatic carbocycles. The molecule has 0 aliphatic carbocycles. The molecule has 0 bridgehead atoms. The maximum atomic E-state index is 11.7. The molecule has 2 unspecified atom stereocenters. The third kappa shape index (κ3) is 10.2. The number of aliphatic hydroxyl groups is 2. The van der Waals surface area contributed by atoms with E-state index < -0.39 is 37.7 Å². The van der Waals surface area contributed by atoms with E-state index in [2.05, 4.69) is 16.4 Å². The molecular formula is C15H26O7. The summed E-state index contributed by atoms with van der Waals surface area (Å²) in [4.78, 5) is 22.9. The minimum Gasteiger partial charge on any atom is -0.431 e. The number of hydrogen-bond donors (Lipinski definition) is 2. The Labute approximate surface area is 130 Å². The molecule has 22 heavy (non-hydrogen) atoms. The van der Waals surface area contributed by atoms with Crippen LogP contribution in [0.5, 0.6) is 0 Å². The fourth-order valence-electron chi connectivity index (χ4n) is 1.45. The molecule has 0 radical (unpaired) electrons. The Bertz CT molecular complexity index is 365. The van der Waals surface area contributed by atoms with Crippen molar-refractivity contribution in [2.75, 3.05) is 13.2 Å². The van der Waals surface area contributed by atoms with Gasteiger partial charge in [0.2, 0.25) is 6.29 Å². The maximum absolute atomic E-state index is 11.7. The average Bonchev–Trinajstić information content (AvgIpc) is 2.48. The molecule has 2 N–H and O–H groups in total. The van der Waals surface area contributed by atoms with Crippen molar-refractivity contribution >= 4 is 12.1 Å². The van der Waals surface area contributed by atoms with E-state index in [1.807, 2.05) is 0 Å². The van der Waals surface area contributed by atoms with E-state index in [4.69, 9.17) is 14.9 Å². The van der Waals surface area contributed by atoms with Crippen LogP contribution < -0.4 is 0 Å². The van der Waals surface area contributed by atoms with Gasteiger partial charge < -0.3 is 24.4 Å². The van der Waals surface area contributed by atoms with Gasteiger partial charge >= 0.3 is 12.1 Å². The highest BCUT2D eigenvalue weighted by Crippen LogP contribution is 2.07. The lowest BCUT2D eigenvalue weighted by Gasteiger charge is -2.15.